The molecule has 2 rings (SSSR count). The number of rotatable bonds is 3. The molecule has 1 aliphatic rings. The van der Waals surface area contributed by atoms with E-state index in [4.69, 9.17) is 0 Å². The molecule has 1 aliphatic heterocycles. The van der Waals surface area contributed by atoms with Gasteiger partial charge in [-0.25, -0.2) is 4.98 Å². The van der Waals surface area contributed by atoms with E-state index >= 15 is 0 Å². The van der Waals surface area contributed by atoms with Gasteiger partial charge in [0, 0.05) is 30.9 Å². The first-order valence-corrected chi connectivity index (χ1v) is 6.47. The van der Waals surface area contributed by atoms with Crippen LogP contribution in [0.15, 0.2) is 6.07 Å². The lowest BCUT2D eigenvalue weighted by Gasteiger charge is -2.29. The van der Waals surface area contributed by atoms with Crippen molar-refractivity contribution in [2.45, 2.75) is 52.1 Å². The molecule has 0 saturated carbocycles. The molecule has 0 aliphatic carbocycles. The van der Waals surface area contributed by atoms with E-state index in [2.05, 4.69) is 40.1 Å². The zero-order chi connectivity index (χ0) is 12.4. The summed E-state index contributed by atoms with van der Waals surface area (Å²) < 4.78 is 0. The summed E-state index contributed by atoms with van der Waals surface area (Å²) in [6.45, 7) is 6.56. The van der Waals surface area contributed by atoms with E-state index in [-0.39, 0.29) is 0 Å². The van der Waals surface area contributed by atoms with Crippen LogP contribution >= 0.6 is 0 Å². The number of hydrogen-bond donors (Lipinski definition) is 1. The molecule has 2 heterocycles. The molecule has 4 nitrogen and oxygen atoms in total. The average molecular weight is 234 g/mol. The fourth-order valence-corrected chi connectivity index (χ4v) is 2.68. The second kappa shape index (κ2) is 4.90. The van der Waals surface area contributed by atoms with Crippen molar-refractivity contribution in [3.8, 4) is 0 Å². The van der Waals surface area contributed by atoms with Crippen molar-refractivity contribution >= 4 is 11.8 Å². The van der Waals surface area contributed by atoms with Gasteiger partial charge in [0.15, 0.2) is 0 Å². The summed E-state index contributed by atoms with van der Waals surface area (Å²) in [4.78, 5) is 11.4. The van der Waals surface area contributed by atoms with Crippen molar-refractivity contribution in [2.24, 2.45) is 0 Å². The molecule has 0 radical (unpaired) electrons. The third-order valence-corrected chi connectivity index (χ3v) is 3.59. The van der Waals surface area contributed by atoms with Gasteiger partial charge in [-0.15, -0.1) is 0 Å². The summed E-state index contributed by atoms with van der Waals surface area (Å²) in [5, 5.41) is 3.03. The molecule has 1 N–H and O–H groups in total. The van der Waals surface area contributed by atoms with Crippen LogP contribution in [0.2, 0.25) is 0 Å². The van der Waals surface area contributed by atoms with Gasteiger partial charge in [-0.2, -0.15) is 4.98 Å². The minimum absolute atomic E-state index is 0.582. The van der Waals surface area contributed by atoms with Crippen LogP contribution in [0, 0.1) is 6.92 Å². The van der Waals surface area contributed by atoms with Crippen LogP contribution in [0.1, 0.15) is 38.8 Å². The Morgan fingerprint density at radius 3 is 2.82 bits per heavy atom. The van der Waals surface area contributed by atoms with Gasteiger partial charge in [0.05, 0.1) is 0 Å². The number of nitrogens with zero attached hydrogens (tertiary/aromatic N) is 3. The van der Waals surface area contributed by atoms with Crippen molar-refractivity contribution in [2.75, 3.05) is 17.3 Å². The van der Waals surface area contributed by atoms with Gasteiger partial charge in [0.25, 0.3) is 0 Å². The highest BCUT2D eigenvalue weighted by Gasteiger charge is 2.30. The highest BCUT2D eigenvalue weighted by atomic mass is 15.3. The molecule has 0 bridgehead atoms. The Labute approximate surface area is 103 Å². The fraction of sp³-hybridized carbons (Fsp3) is 0.692. The van der Waals surface area contributed by atoms with Crippen LogP contribution in [0.25, 0.3) is 0 Å². The molecule has 0 spiro atoms. The van der Waals surface area contributed by atoms with E-state index < -0.39 is 0 Å². The quantitative estimate of drug-likeness (QED) is 0.872. The molecule has 0 amide bonds. The predicted octanol–water partition coefficient (Wildman–Crippen LogP) is 2.59. The molecule has 17 heavy (non-hydrogen) atoms. The number of nitrogens with one attached hydrogen (secondary N) is 1. The van der Waals surface area contributed by atoms with Crippen LogP contribution in [-0.4, -0.2) is 29.1 Å². The Hall–Kier alpha value is -1.32. The zero-order valence-electron chi connectivity index (χ0n) is 11.2. The highest BCUT2D eigenvalue weighted by molar-refractivity contribution is 5.47. The Morgan fingerprint density at radius 2 is 2.18 bits per heavy atom. The zero-order valence-corrected chi connectivity index (χ0v) is 11.2. The maximum Gasteiger partial charge on any atom is 0.224 e. The minimum Gasteiger partial charge on any atom is -0.357 e. The normalized spacial score (nSPS) is 24.1. The topological polar surface area (TPSA) is 41.1 Å². The first-order valence-electron chi connectivity index (χ1n) is 6.47. The van der Waals surface area contributed by atoms with Crippen LogP contribution in [0.4, 0.5) is 11.8 Å². The van der Waals surface area contributed by atoms with Crippen molar-refractivity contribution in [1.82, 2.24) is 9.97 Å². The van der Waals surface area contributed by atoms with Gasteiger partial charge in [0.1, 0.15) is 5.82 Å². The van der Waals surface area contributed by atoms with Crippen LogP contribution in [0.3, 0.4) is 0 Å². The van der Waals surface area contributed by atoms with Gasteiger partial charge >= 0.3 is 0 Å². The number of anilines is 2. The lowest BCUT2D eigenvalue weighted by molar-refractivity contribution is 0.620. The van der Waals surface area contributed by atoms with Gasteiger partial charge in [-0.05, 0) is 33.1 Å². The van der Waals surface area contributed by atoms with Gasteiger partial charge in [0.2, 0.25) is 5.95 Å². The minimum atomic E-state index is 0.582. The van der Waals surface area contributed by atoms with Crippen LogP contribution in [0.5, 0.6) is 0 Å². The Kier molecular flexibility index (Phi) is 3.50. The third kappa shape index (κ3) is 2.35. The van der Waals surface area contributed by atoms with E-state index in [1.807, 2.05) is 14.0 Å². The Bertz CT molecular complexity index is 391. The SMILES string of the molecule is CCC1CCC(C)N1c1cc(C)nc(NC)n1. The predicted molar refractivity (Wildman–Crippen MR) is 71.6 cm³/mol. The molecule has 0 aromatic carbocycles. The van der Waals surface area contributed by atoms with Crippen LogP contribution < -0.4 is 10.2 Å². The highest BCUT2D eigenvalue weighted by Crippen LogP contribution is 2.31. The molecule has 2 atom stereocenters. The van der Waals surface area contributed by atoms with Gasteiger partial charge in [-0.1, -0.05) is 6.92 Å². The molecule has 94 valence electrons. The smallest absolute Gasteiger partial charge is 0.224 e. The monoisotopic (exact) mass is 234 g/mol. The first-order chi connectivity index (χ1) is 8.15. The summed E-state index contributed by atoms with van der Waals surface area (Å²) in [5.74, 6) is 1.78. The molecule has 1 saturated heterocycles. The van der Waals surface area contributed by atoms with E-state index in [1.54, 1.807) is 0 Å². The molecular formula is C13H22N4. The Morgan fingerprint density at radius 1 is 1.41 bits per heavy atom. The fourth-order valence-electron chi connectivity index (χ4n) is 2.68. The summed E-state index contributed by atoms with van der Waals surface area (Å²) in [7, 11) is 1.86. The van der Waals surface area contributed by atoms with Gasteiger partial charge in [-0.3, -0.25) is 0 Å². The summed E-state index contributed by atoms with van der Waals surface area (Å²) >= 11 is 0. The number of aryl methyl sites for hydroxylation is 1. The van der Waals surface area contributed by atoms with E-state index in [9.17, 15) is 0 Å². The van der Waals surface area contributed by atoms with Crippen molar-refractivity contribution in [1.29, 1.82) is 0 Å². The summed E-state index contributed by atoms with van der Waals surface area (Å²) in [5.41, 5.74) is 1.02. The molecule has 1 fully saturated rings. The molecule has 1 aromatic rings. The van der Waals surface area contributed by atoms with E-state index in [1.165, 1.54) is 19.3 Å². The standard InChI is InChI=1S/C13H22N4/c1-5-11-7-6-10(3)17(11)12-8-9(2)15-13(14-4)16-12/h8,10-11H,5-7H2,1-4H3,(H,14,15,16). The maximum absolute atomic E-state index is 4.59. The number of aromatic nitrogens is 2. The molecule has 2 unspecified atom stereocenters. The molecular weight excluding hydrogens is 212 g/mol. The average Bonchev–Trinajstić information content (AvgIpc) is 2.69. The lowest BCUT2D eigenvalue weighted by atomic mass is 10.1. The second-order valence-corrected chi connectivity index (χ2v) is 4.84. The van der Waals surface area contributed by atoms with Crippen LogP contribution in [-0.2, 0) is 0 Å². The maximum atomic E-state index is 4.59. The van der Waals surface area contributed by atoms with Crippen molar-refractivity contribution < 1.29 is 0 Å². The largest absolute Gasteiger partial charge is 0.357 e. The van der Waals surface area contributed by atoms with Crippen molar-refractivity contribution in [3.05, 3.63) is 11.8 Å². The van der Waals surface area contributed by atoms with Gasteiger partial charge < -0.3 is 10.2 Å². The number of hydrogen-bond acceptors (Lipinski definition) is 4. The third-order valence-electron chi connectivity index (χ3n) is 3.59. The van der Waals surface area contributed by atoms with E-state index in [0.29, 0.717) is 18.0 Å². The lowest BCUT2D eigenvalue weighted by Crippen LogP contribution is -2.35. The summed E-state index contributed by atoms with van der Waals surface area (Å²) in [6, 6.07) is 3.30. The first kappa shape index (κ1) is 12.1. The van der Waals surface area contributed by atoms with E-state index in [0.717, 1.165) is 11.5 Å². The Balaban J connectivity index is 2.34. The molecule has 1 aromatic heterocycles. The summed E-state index contributed by atoms with van der Waals surface area (Å²) in [6.07, 6.45) is 3.72. The molecule has 4 heteroatoms. The van der Waals surface area contributed by atoms with Crippen molar-refractivity contribution in [3.63, 3.8) is 0 Å². The second-order valence-electron chi connectivity index (χ2n) is 4.84.